The van der Waals surface area contributed by atoms with Crippen molar-refractivity contribution in [3.8, 4) is 0 Å². The van der Waals surface area contributed by atoms with E-state index in [9.17, 15) is 0 Å². The van der Waals surface area contributed by atoms with Crippen LogP contribution < -0.4 is 5.32 Å². The molecular weight excluding hydrogens is 228 g/mol. The summed E-state index contributed by atoms with van der Waals surface area (Å²) in [6.45, 7) is 2.03. The van der Waals surface area contributed by atoms with Gasteiger partial charge in [-0.15, -0.1) is 0 Å². The third-order valence-corrected chi connectivity index (χ3v) is 4.95. The summed E-state index contributed by atoms with van der Waals surface area (Å²) in [5, 5.41) is 4.29. The van der Waals surface area contributed by atoms with E-state index in [0.29, 0.717) is 6.04 Å². The molecule has 3 heteroatoms. The molecule has 0 amide bonds. The molecule has 1 N–H and O–H groups in total. The number of nitrogens with one attached hydrogen (secondary N) is 1. The molecule has 2 nitrogen and oxygen atoms in total. The van der Waals surface area contributed by atoms with Gasteiger partial charge in [0.15, 0.2) is 0 Å². The summed E-state index contributed by atoms with van der Waals surface area (Å²) in [6, 6.07) is 4.73. The van der Waals surface area contributed by atoms with Crippen LogP contribution in [0.15, 0.2) is 18.3 Å². The van der Waals surface area contributed by atoms with Gasteiger partial charge in [0.05, 0.1) is 0 Å². The van der Waals surface area contributed by atoms with Crippen molar-refractivity contribution in [1.29, 1.82) is 0 Å². The average Bonchev–Trinajstić information content (AvgIpc) is 2.85. The molecule has 1 saturated carbocycles. The van der Waals surface area contributed by atoms with Crippen LogP contribution in [-0.4, -0.2) is 23.0 Å². The lowest BCUT2D eigenvalue weighted by Crippen LogP contribution is -2.20. The first kappa shape index (κ1) is 12.9. The minimum Gasteiger partial charge on any atom is -0.312 e. The summed E-state index contributed by atoms with van der Waals surface area (Å²) < 4.78 is 0. The highest BCUT2D eigenvalue weighted by molar-refractivity contribution is 7.99. The quantitative estimate of drug-likeness (QED) is 0.867. The Morgan fingerprint density at radius 1 is 1.41 bits per heavy atom. The predicted octanol–water partition coefficient (Wildman–Crippen LogP) is 3.33. The summed E-state index contributed by atoms with van der Waals surface area (Å²) >= 11 is 2.13. The molecule has 1 aromatic rings. The zero-order valence-corrected chi connectivity index (χ0v) is 11.6. The van der Waals surface area contributed by atoms with E-state index in [1.165, 1.54) is 31.2 Å². The number of hydrogen-bond acceptors (Lipinski definition) is 3. The first-order valence-electron chi connectivity index (χ1n) is 6.51. The first-order chi connectivity index (χ1) is 8.29. The van der Waals surface area contributed by atoms with Gasteiger partial charge in [0.2, 0.25) is 0 Å². The van der Waals surface area contributed by atoms with Crippen LogP contribution >= 0.6 is 11.8 Å². The molecule has 0 radical (unpaired) electrons. The highest BCUT2D eigenvalue weighted by Crippen LogP contribution is 2.31. The van der Waals surface area contributed by atoms with Crippen LogP contribution in [0.25, 0.3) is 0 Å². The van der Waals surface area contributed by atoms with E-state index in [-0.39, 0.29) is 0 Å². The summed E-state index contributed by atoms with van der Waals surface area (Å²) in [5.41, 5.74) is 2.40. The van der Waals surface area contributed by atoms with E-state index < -0.39 is 0 Å². The maximum Gasteiger partial charge on any atom is 0.0424 e. The van der Waals surface area contributed by atoms with Crippen LogP contribution in [0, 0.1) is 6.92 Å². The Balaban J connectivity index is 1.89. The second-order valence-corrected chi connectivity index (χ2v) is 6.15. The molecule has 17 heavy (non-hydrogen) atoms. The van der Waals surface area contributed by atoms with Crippen molar-refractivity contribution in [3.05, 3.63) is 29.6 Å². The Labute approximate surface area is 109 Å². The van der Waals surface area contributed by atoms with Crippen molar-refractivity contribution in [2.24, 2.45) is 0 Å². The molecule has 0 bridgehead atoms. The molecule has 1 atom stereocenters. The predicted molar refractivity (Wildman–Crippen MR) is 75.5 cm³/mol. The molecule has 1 aliphatic carbocycles. The van der Waals surface area contributed by atoms with Crippen molar-refractivity contribution in [1.82, 2.24) is 10.3 Å². The topological polar surface area (TPSA) is 24.9 Å². The number of thioether (sulfide) groups is 1. The van der Waals surface area contributed by atoms with Crippen LogP contribution in [0.2, 0.25) is 0 Å². The maximum atomic E-state index is 4.38. The minimum absolute atomic E-state index is 0.439. The molecule has 1 heterocycles. The van der Waals surface area contributed by atoms with E-state index in [2.05, 4.69) is 34.2 Å². The number of rotatable bonds is 5. The van der Waals surface area contributed by atoms with Gasteiger partial charge in [0, 0.05) is 28.9 Å². The first-order valence-corrected chi connectivity index (χ1v) is 7.56. The lowest BCUT2D eigenvalue weighted by atomic mass is 10.1. The SMILES string of the molecule is CNC(CSC1CCCC1)c1ccc(C)nc1. The van der Waals surface area contributed by atoms with Crippen molar-refractivity contribution >= 4 is 11.8 Å². The number of aromatic nitrogens is 1. The monoisotopic (exact) mass is 250 g/mol. The second kappa shape index (κ2) is 6.41. The van der Waals surface area contributed by atoms with Crippen molar-refractivity contribution in [2.75, 3.05) is 12.8 Å². The fourth-order valence-corrected chi connectivity index (χ4v) is 3.81. The molecule has 94 valence electrons. The van der Waals surface area contributed by atoms with Gasteiger partial charge < -0.3 is 5.32 Å². The molecule has 2 rings (SSSR count). The molecule has 0 aromatic carbocycles. The van der Waals surface area contributed by atoms with Gasteiger partial charge in [0.25, 0.3) is 0 Å². The van der Waals surface area contributed by atoms with Crippen LogP contribution in [0.1, 0.15) is 43.0 Å². The molecular formula is C14H22N2S. The zero-order chi connectivity index (χ0) is 12.1. The standard InChI is InChI=1S/C14H22N2S/c1-11-7-8-12(9-16-11)14(15-2)10-17-13-5-3-4-6-13/h7-9,13-15H,3-6,10H2,1-2H3. The highest BCUT2D eigenvalue weighted by atomic mass is 32.2. The van der Waals surface area contributed by atoms with Crippen LogP contribution in [-0.2, 0) is 0 Å². The van der Waals surface area contributed by atoms with Crippen molar-refractivity contribution in [2.45, 2.75) is 43.9 Å². The Bertz CT molecular complexity index is 331. The normalized spacial score (nSPS) is 18.5. The van der Waals surface area contributed by atoms with E-state index in [1.807, 2.05) is 20.2 Å². The molecule has 1 aliphatic rings. The third-order valence-electron chi connectivity index (χ3n) is 3.49. The Kier molecular flexibility index (Phi) is 4.86. The van der Waals surface area contributed by atoms with Crippen molar-refractivity contribution < 1.29 is 0 Å². The smallest absolute Gasteiger partial charge is 0.0424 e. The fourth-order valence-electron chi connectivity index (χ4n) is 2.32. The van der Waals surface area contributed by atoms with Gasteiger partial charge in [-0.05, 0) is 38.4 Å². The van der Waals surface area contributed by atoms with Gasteiger partial charge in [-0.3, -0.25) is 4.98 Å². The second-order valence-electron chi connectivity index (χ2n) is 4.81. The van der Waals surface area contributed by atoms with E-state index in [1.54, 1.807) is 0 Å². The zero-order valence-electron chi connectivity index (χ0n) is 10.8. The minimum atomic E-state index is 0.439. The molecule has 0 spiro atoms. The van der Waals surface area contributed by atoms with E-state index in [0.717, 1.165) is 16.7 Å². The van der Waals surface area contributed by atoms with Crippen LogP contribution in [0.3, 0.4) is 0 Å². The highest BCUT2D eigenvalue weighted by Gasteiger charge is 2.18. The summed E-state index contributed by atoms with van der Waals surface area (Å²) in [5.74, 6) is 1.16. The molecule has 1 fully saturated rings. The number of nitrogens with zero attached hydrogens (tertiary/aromatic N) is 1. The van der Waals surface area contributed by atoms with Gasteiger partial charge in [-0.25, -0.2) is 0 Å². The summed E-state index contributed by atoms with van der Waals surface area (Å²) in [6.07, 6.45) is 7.67. The Morgan fingerprint density at radius 3 is 2.76 bits per heavy atom. The van der Waals surface area contributed by atoms with Crippen LogP contribution in [0.4, 0.5) is 0 Å². The third kappa shape index (κ3) is 3.71. The molecule has 0 aliphatic heterocycles. The van der Waals surface area contributed by atoms with Gasteiger partial charge in [-0.1, -0.05) is 18.9 Å². The van der Waals surface area contributed by atoms with E-state index >= 15 is 0 Å². The molecule has 1 unspecified atom stereocenters. The maximum absolute atomic E-state index is 4.38. The fraction of sp³-hybridized carbons (Fsp3) is 0.643. The molecule has 1 aromatic heterocycles. The lowest BCUT2D eigenvalue weighted by molar-refractivity contribution is 0.656. The number of pyridine rings is 1. The van der Waals surface area contributed by atoms with Gasteiger partial charge in [0.1, 0.15) is 0 Å². The van der Waals surface area contributed by atoms with Crippen molar-refractivity contribution in [3.63, 3.8) is 0 Å². The van der Waals surface area contributed by atoms with Gasteiger partial charge >= 0.3 is 0 Å². The van der Waals surface area contributed by atoms with Crippen LogP contribution in [0.5, 0.6) is 0 Å². The molecule has 0 saturated heterocycles. The lowest BCUT2D eigenvalue weighted by Gasteiger charge is -2.18. The Hall–Kier alpha value is -0.540. The summed E-state index contributed by atoms with van der Waals surface area (Å²) in [4.78, 5) is 4.38. The van der Waals surface area contributed by atoms with Gasteiger partial charge in [-0.2, -0.15) is 11.8 Å². The average molecular weight is 250 g/mol. The Morgan fingerprint density at radius 2 is 2.18 bits per heavy atom. The number of hydrogen-bond donors (Lipinski definition) is 1. The largest absolute Gasteiger partial charge is 0.312 e. The van der Waals surface area contributed by atoms with E-state index in [4.69, 9.17) is 0 Å². The summed E-state index contributed by atoms with van der Waals surface area (Å²) in [7, 11) is 2.04. The number of aryl methyl sites for hydroxylation is 1.